The third kappa shape index (κ3) is 5.28. The van der Waals surface area contributed by atoms with E-state index in [1.54, 1.807) is 18.1 Å². The molecule has 9 heteroatoms. The van der Waals surface area contributed by atoms with Gasteiger partial charge in [0, 0.05) is 32.3 Å². The first kappa shape index (κ1) is 20.2. The summed E-state index contributed by atoms with van der Waals surface area (Å²) in [6.45, 7) is 1.50. The fourth-order valence-electron chi connectivity index (χ4n) is 2.58. The van der Waals surface area contributed by atoms with Crippen LogP contribution < -0.4 is 0 Å². The van der Waals surface area contributed by atoms with Crippen LogP contribution in [0.5, 0.6) is 0 Å². The predicted molar refractivity (Wildman–Crippen MR) is 111 cm³/mol. The molecule has 146 valence electrons. The maximum Gasteiger partial charge on any atom is 0.270 e. The number of methoxy groups -OCH3 is 1. The number of rotatable bonds is 9. The first-order valence-corrected chi connectivity index (χ1v) is 10.4. The van der Waals surface area contributed by atoms with Crippen molar-refractivity contribution in [1.82, 2.24) is 9.88 Å². The van der Waals surface area contributed by atoms with Gasteiger partial charge < -0.3 is 9.64 Å². The molecular formula is C19H19N3O4S2. The Morgan fingerprint density at radius 2 is 2.07 bits per heavy atom. The Morgan fingerprint density at radius 1 is 1.29 bits per heavy atom. The van der Waals surface area contributed by atoms with Crippen molar-refractivity contribution in [2.75, 3.05) is 26.0 Å². The van der Waals surface area contributed by atoms with Crippen molar-refractivity contribution in [1.29, 1.82) is 0 Å². The smallest absolute Gasteiger partial charge is 0.270 e. The molecule has 1 heterocycles. The summed E-state index contributed by atoms with van der Waals surface area (Å²) in [5.74, 6) is 0.245. The highest BCUT2D eigenvalue weighted by atomic mass is 32.2. The first-order chi connectivity index (χ1) is 13.6. The zero-order valence-corrected chi connectivity index (χ0v) is 16.9. The molecule has 28 heavy (non-hydrogen) atoms. The zero-order chi connectivity index (χ0) is 19.9. The standard InChI is InChI=1S/C19H19N3O4S2/c1-26-10-9-21(12-14-5-3-2-4-6-14)18(23)13-27-19-20-16-8-7-15(22(24)25)11-17(16)28-19/h2-8,11H,9-10,12-13H2,1H3. The minimum atomic E-state index is -0.424. The quantitative estimate of drug-likeness (QED) is 0.297. The SMILES string of the molecule is COCCN(Cc1ccccc1)C(=O)CSc1nc2ccc([N+](=O)[O-])cc2s1. The lowest BCUT2D eigenvalue weighted by Crippen LogP contribution is -2.34. The van der Waals surface area contributed by atoms with Gasteiger partial charge in [-0.25, -0.2) is 4.98 Å². The van der Waals surface area contributed by atoms with Gasteiger partial charge in [0.1, 0.15) is 0 Å². The van der Waals surface area contributed by atoms with Gasteiger partial charge in [0.2, 0.25) is 5.91 Å². The number of nitro benzene ring substituents is 1. The number of nitrogens with zero attached hydrogens (tertiary/aromatic N) is 3. The number of hydrogen-bond acceptors (Lipinski definition) is 7. The molecule has 2 aromatic carbocycles. The van der Waals surface area contributed by atoms with Crippen LogP contribution in [-0.2, 0) is 16.1 Å². The Kier molecular flexibility index (Phi) is 6.96. The summed E-state index contributed by atoms with van der Waals surface area (Å²) in [6, 6.07) is 14.4. The lowest BCUT2D eigenvalue weighted by Gasteiger charge is -2.22. The highest BCUT2D eigenvalue weighted by molar-refractivity contribution is 8.01. The number of carbonyl (C=O) groups excluding carboxylic acids is 1. The van der Waals surface area contributed by atoms with Crippen molar-refractivity contribution >= 4 is 44.9 Å². The molecular weight excluding hydrogens is 398 g/mol. The van der Waals surface area contributed by atoms with Gasteiger partial charge in [0.25, 0.3) is 5.69 Å². The van der Waals surface area contributed by atoms with Crippen LogP contribution in [0.15, 0.2) is 52.9 Å². The second-order valence-electron chi connectivity index (χ2n) is 5.97. The molecule has 0 N–H and O–H groups in total. The number of nitro groups is 1. The van der Waals surface area contributed by atoms with Crippen molar-refractivity contribution < 1.29 is 14.5 Å². The lowest BCUT2D eigenvalue weighted by atomic mass is 10.2. The molecule has 0 unspecified atom stereocenters. The van der Waals surface area contributed by atoms with E-state index in [0.29, 0.717) is 25.2 Å². The predicted octanol–water partition coefficient (Wildman–Crippen LogP) is 3.97. The van der Waals surface area contributed by atoms with Crippen LogP contribution in [0.4, 0.5) is 5.69 Å². The van der Waals surface area contributed by atoms with E-state index in [4.69, 9.17) is 4.74 Å². The lowest BCUT2D eigenvalue weighted by molar-refractivity contribution is -0.384. The Morgan fingerprint density at radius 3 is 2.79 bits per heavy atom. The van der Waals surface area contributed by atoms with Gasteiger partial charge in [-0.3, -0.25) is 14.9 Å². The van der Waals surface area contributed by atoms with E-state index in [9.17, 15) is 14.9 Å². The molecule has 0 atom stereocenters. The normalized spacial score (nSPS) is 10.9. The number of fused-ring (bicyclic) bond motifs is 1. The van der Waals surface area contributed by atoms with Crippen LogP contribution in [0.25, 0.3) is 10.2 Å². The van der Waals surface area contributed by atoms with Crippen LogP contribution in [0.1, 0.15) is 5.56 Å². The van der Waals surface area contributed by atoms with E-state index in [2.05, 4.69) is 4.98 Å². The van der Waals surface area contributed by atoms with Crippen LogP contribution in [-0.4, -0.2) is 46.7 Å². The van der Waals surface area contributed by atoms with Gasteiger partial charge in [-0.05, 0) is 11.6 Å². The number of benzene rings is 2. The van der Waals surface area contributed by atoms with E-state index in [1.165, 1.54) is 35.2 Å². The maximum absolute atomic E-state index is 12.7. The molecule has 0 bridgehead atoms. The van der Waals surface area contributed by atoms with Crippen molar-refractivity contribution in [3.63, 3.8) is 0 Å². The van der Waals surface area contributed by atoms with Crippen molar-refractivity contribution in [2.45, 2.75) is 10.9 Å². The monoisotopic (exact) mass is 417 g/mol. The molecule has 0 aliphatic rings. The minimum absolute atomic E-state index is 0.00357. The van der Waals surface area contributed by atoms with E-state index in [1.807, 2.05) is 30.3 Å². The summed E-state index contributed by atoms with van der Waals surface area (Å²) in [5, 5.41) is 10.9. The average molecular weight is 418 g/mol. The number of non-ortho nitro benzene ring substituents is 1. The molecule has 1 aromatic heterocycles. The fraction of sp³-hybridized carbons (Fsp3) is 0.263. The summed E-state index contributed by atoms with van der Waals surface area (Å²) in [5.41, 5.74) is 1.80. The molecule has 1 amide bonds. The van der Waals surface area contributed by atoms with Gasteiger partial charge in [0.05, 0.1) is 27.5 Å². The minimum Gasteiger partial charge on any atom is -0.383 e. The summed E-state index contributed by atoms with van der Waals surface area (Å²) in [7, 11) is 1.61. The Bertz CT molecular complexity index is 962. The number of amides is 1. The highest BCUT2D eigenvalue weighted by Crippen LogP contribution is 2.31. The number of ether oxygens (including phenoxy) is 1. The Labute approximate surface area is 170 Å². The van der Waals surface area contributed by atoms with E-state index >= 15 is 0 Å². The zero-order valence-electron chi connectivity index (χ0n) is 15.2. The van der Waals surface area contributed by atoms with Crippen LogP contribution in [0, 0.1) is 10.1 Å². The van der Waals surface area contributed by atoms with Crippen LogP contribution >= 0.6 is 23.1 Å². The molecule has 0 aliphatic heterocycles. The highest BCUT2D eigenvalue weighted by Gasteiger charge is 2.16. The maximum atomic E-state index is 12.7. The molecule has 0 fully saturated rings. The molecule has 0 spiro atoms. The molecule has 3 rings (SSSR count). The van der Waals surface area contributed by atoms with Gasteiger partial charge >= 0.3 is 0 Å². The number of aromatic nitrogens is 1. The summed E-state index contributed by atoms with van der Waals surface area (Å²) < 4.78 is 6.59. The number of hydrogen-bond donors (Lipinski definition) is 0. The van der Waals surface area contributed by atoms with E-state index in [-0.39, 0.29) is 17.3 Å². The number of thioether (sulfide) groups is 1. The summed E-state index contributed by atoms with van der Waals surface area (Å²) in [4.78, 5) is 29.4. The summed E-state index contributed by atoms with van der Waals surface area (Å²) in [6.07, 6.45) is 0. The van der Waals surface area contributed by atoms with Gasteiger partial charge in [-0.15, -0.1) is 11.3 Å². The largest absolute Gasteiger partial charge is 0.383 e. The fourth-order valence-corrected chi connectivity index (χ4v) is 4.58. The van der Waals surface area contributed by atoms with Gasteiger partial charge in [0.15, 0.2) is 4.34 Å². The molecule has 0 saturated heterocycles. The molecule has 3 aromatic rings. The number of thiazole rings is 1. The van der Waals surface area contributed by atoms with Gasteiger partial charge in [-0.2, -0.15) is 0 Å². The third-order valence-electron chi connectivity index (χ3n) is 4.02. The molecule has 0 aliphatic carbocycles. The van der Waals surface area contributed by atoms with Crippen LogP contribution in [0.3, 0.4) is 0 Å². The second-order valence-corrected chi connectivity index (χ2v) is 8.22. The number of carbonyl (C=O) groups is 1. The molecule has 7 nitrogen and oxygen atoms in total. The third-order valence-corrected chi connectivity index (χ3v) is 6.16. The molecule has 0 saturated carbocycles. The summed E-state index contributed by atoms with van der Waals surface area (Å²) >= 11 is 2.70. The average Bonchev–Trinajstić information content (AvgIpc) is 3.12. The Hall–Kier alpha value is -2.49. The van der Waals surface area contributed by atoms with E-state index in [0.717, 1.165) is 14.6 Å². The topological polar surface area (TPSA) is 85.6 Å². The second kappa shape index (κ2) is 9.63. The van der Waals surface area contributed by atoms with Crippen molar-refractivity contribution in [2.24, 2.45) is 0 Å². The Balaban J connectivity index is 1.66. The van der Waals surface area contributed by atoms with E-state index < -0.39 is 4.92 Å². The van der Waals surface area contributed by atoms with Crippen LogP contribution in [0.2, 0.25) is 0 Å². The van der Waals surface area contributed by atoms with Gasteiger partial charge in [-0.1, -0.05) is 42.1 Å². The van der Waals surface area contributed by atoms with Crippen molar-refractivity contribution in [3.8, 4) is 0 Å². The molecule has 0 radical (unpaired) electrons. The van der Waals surface area contributed by atoms with Crippen molar-refractivity contribution in [3.05, 3.63) is 64.2 Å². The first-order valence-electron chi connectivity index (χ1n) is 8.55.